The molecule has 0 aliphatic heterocycles. The van der Waals surface area contributed by atoms with E-state index in [1.807, 2.05) is 13.8 Å². The second-order valence-electron chi connectivity index (χ2n) is 3.87. The molecule has 0 rings (SSSR count). The van der Waals surface area contributed by atoms with Gasteiger partial charge < -0.3 is 14.4 Å². The summed E-state index contributed by atoms with van der Waals surface area (Å²) >= 11 is 0. The van der Waals surface area contributed by atoms with Gasteiger partial charge in [0, 0.05) is 19.6 Å². The number of methoxy groups -OCH3 is 1. The quantitative estimate of drug-likeness (QED) is 0.600. The molecule has 0 aromatic carbocycles. The first-order chi connectivity index (χ1) is 8.06. The fraction of sp³-hybridized carbons (Fsp3) is 0.833. The lowest BCUT2D eigenvalue weighted by Crippen LogP contribution is -2.41. The summed E-state index contributed by atoms with van der Waals surface area (Å²) in [5.74, 6) is -0.487. The molecule has 0 heterocycles. The fourth-order valence-corrected chi connectivity index (χ4v) is 1.32. The summed E-state index contributed by atoms with van der Waals surface area (Å²) in [5.41, 5.74) is 0. The highest BCUT2D eigenvalue weighted by atomic mass is 16.5. The van der Waals surface area contributed by atoms with Crippen molar-refractivity contribution in [3.05, 3.63) is 0 Å². The van der Waals surface area contributed by atoms with Gasteiger partial charge in [-0.05, 0) is 13.3 Å². The van der Waals surface area contributed by atoms with E-state index in [0.717, 1.165) is 6.42 Å². The first-order valence-corrected chi connectivity index (χ1v) is 6.00. The molecule has 0 saturated carbocycles. The van der Waals surface area contributed by atoms with Crippen LogP contribution in [0.1, 0.15) is 27.2 Å². The van der Waals surface area contributed by atoms with E-state index < -0.39 is 0 Å². The maximum Gasteiger partial charge on any atom is 0.325 e. The minimum absolute atomic E-state index is 0.000370. The van der Waals surface area contributed by atoms with Gasteiger partial charge in [0.25, 0.3) is 0 Å². The average Bonchev–Trinajstić information content (AvgIpc) is 2.32. The third-order valence-corrected chi connectivity index (χ3v) is 2.54. The van der Waals surface area contributed by atoms with E-state index in [4.69, 9.17) is 9.47 Å². The minimum atomic E-state index is -0.375. The molecule has 0 saturated heterocycles. The van der Waals surface area contributed by atoms with Crippen molar-refractivity contribution in [3.8, 4) is 0 Å². The van der Waals surface area contributed by atoms with Gasteiger partial charge in [-0.3, -0.25) is 9.59 Å². The first-order valence-electron chi connectivity index (χ1n) is 6.00. The summed E-state index contributed by atoms with van der Waals surface area (Å²) in [6.07, 6.45) is 0.755. The maximum absolute atomic E-state index is 12.0. The molecule has 1 amide bonds. The highest BCUT2D eigenvalue weighted by molar-refractivity contribution is 5.83. The molecule has 1 unspecified atom stereocenters. The van der Waals surface area contributed by atoms with E-state index in [0.29, 0.717) is 19.8 Å². The van der Waals surface area contributed by atoms with Gasteiger partial charge in [0.15, 0.2) is 0 Å². The molecule has 0 N–H and O–H groups in total. The zero-order chi connectivity index (χ0) is 13.3. The van der Waals surface area contributed by atoms with Crippen LogP contribution in [0.4, 0.5) is 0 Å². The van der Waals surface area contributed by atoms with Crippen LogP contribution in [-0.4, -0.2) is 50.2 Å². The molecule has 0 aromatic heterocycles. The van der Waals surface area contributed by atoms with E-state index in [2.05, 4.69) is 0 Å². The number of nitrogens with zero attached hydrogens (tertiary/aromatic N) is 1. The highest BCUT2D eigenvalue weighted by Crippen LogP contribution is 2.06. The van der Waals surface area contributed by atoms with Gasteiger partial charge in [-0.2, -0.15) is 0 Å². The largest absolute Gasteiger partial charge is 0.465 e. The average molecular weight is 245 g/mol. The van der Waals surface area contributed by atoms with Crippen molar-refractivity contribution in [2.45, 2.75) is 27.2 Å². The third kappa shape index (κ3) is 6.26. The number of carbonyl (C=O) groups excluding carboxylic acids is 2. The molecule has 17 heavy (non-hydrogen) atoms. The van der Waals surface area contributed by atoms with E-state index in [9.17, 15) is 9.59 Å². The monoisotopic (exact) mass is 245 g/mol. The predicted octanol–water partition coefficient (Wildman–Crippen LogP) is 1.07. The zero-order valence-electron chi connectivity index (χ0n) is 11.2. The number of ether oxygens (including phenoxy) is 2. The van der Waals surface area contributed by atoms with E-state index in [1.165, 1.54) is 4.90 Å². The highest BCUT2D eigenvalue weighted by Gasteiger charge is 2.21. The number of hydrogen-bond acceptors (Lipinski definition) is 4. The van der Waals surface area contributed by atoms with Gasteiger partial charge in [0.2, 0.25) is 5.91 Å². The smallest absolute Gasteiger partial charge is 0.325 e. The number of rotatable bonds is 8. The Bertz CT molecular complexity index is 243. The molecule has 0 aromatic rings. The standard InChI is InChI=1S/C12H23NO4/c1-5-10(3)12(15)13(7-8-16-4)9-11(14)17-6-2/h10H,5-9H2,1-4H3. The molecule has 0 radical (unpaired) electrons. The zero-order valence-corrected chi connectivity index (χ0v) is 11.2. The van der Waals surface area contributed by atoms with Crippen LogP contribution in [0.15, 0.2) is 0 Å². The van der Waals surface area contributed by atoms with Crippen LogP contribution in [0.5, 0.6) is 0 Å². The van der Waals surface area contributed by atoms with E-state index in [-0.39, 0.29) is 24.3 Å². The van der Waals surface area contributed by atoms with Crippen molar-refractivity contribution < 1.29 is 19.1 Å². The van der Waals surface area contributed by atoms with Gasteiger partial charge in [-0.1, -0.05) is 13.8 Å². The summed E-state index contributed by atoms with van der Waals surface area (Å²) in [6.45, 7) is 6.71. The van der Waals surface area contributed by atoms with E-state index >= 15 is 0 Å². The topological polar surface area (TPSA) is 55.8 Å². The second kappa shape index (κ2) is 8.98. The molecular weight excluding hydrogens is 222 g/mol. The molecule has 1 atom stereocenters. The van der Waals surface area contributed by atoms with Crippen molar-refractivity contribution in [1.82, 2.24) is 4.90 Å². The molecule has 100 valence electrons. The molecule has 5 heteroatoms. The maximum atomic E-state index is 12.0. The summed E-state index contributed by atoms with van der Waals surface area (Å²) in [5, 5.41) is 0. The lowest BCUT2D eigenvalue weighted by Gasteiger charge is -2.24. The Kier molecular flexibility index (Phi) is 8.40. The number of carbonyl (C=O) groups is 2. The van der Waals surface area contributed by atoms with Crippen LogP contribution in [0, 0.1) is 5.92 Å². The molecule has 0 spiro atoms. The van der Waals surface area contributed by atoms with Gasteiger partial charge in [-0.15, -0.1) is 0 Å². The van der Waals surface area contributed by atoms with Crippen LogP contribution in [-0.2, 0) is 19.1 Å². The Morgan fingerprint density at radius 2 is 1.94 bits per heavy atom. The summed E-state index contributed by atoms with van der Waals surface area (Å²) in [6, 6.07) is 0. The molecule has 0 bridgehead atoms. The van der Waals surface area contributed by atoms with Gasteiger partial charge >= 0.3 is 5.97 Å². The van der Waals surface area contributed by atoms with Gasteiger partial charge in [0.1, 0.15) is 6.54 Å². The molecule has 0 aliphatic rings. The number of esters is 1. The van der Waals surface area contributed by atoms with Crippen LogP contribution >= 0.6 is 0 Å². The third-order valence-electron chi connectivity index (χ3n) is 2.54. The van der Waals surface area contributed by atoms with E-state index in [1.54, 1.807) is 14.0 Å². The lowest BCUT2D eigenvalue weighted by molar-refractivity contribution is -0.150. The van der Waals surface area contributed by atoms with Gasteiger partial charge in [-0.25, -0.2) is 0 Å². The minimum Gasteiger partial charge on any atom is -0.465 e. The lowest BCUT2D eigenvalue weighted by atomic mass is 10.1. The summed E-state index contributed by atoms with van der Waals surface area (Å²) in [4.78, 5) is 24.9. The number of hydrogen-bond donors (Lipinski definition) is 0. The van der Waals surface area contributed by atoms with Crippen LogP contribution in [0.2, 0.25) is 0 Å². The fourth-order valence-electron chi connectivity index (χ4n) is 1.32. The number of amides is 1. The molecular formula is C12H23NO4. The van der Waals surface area contributed by atoms with Crippen LogP contribution in [0.3, 0.4) is 0 Å². The molecule has 5 nitrogen and oxygen atoms in total. The van der Waals surface area contributed by atoms with Gasteiger partial charge in [0.05, 0.1) is 13.2 Å². The first kappa shape index (κ1) is 15.9. The van der Waals surface area contributed by atoms with Crippen LogP contribution in [0.25, 0.3) is 0 Å². The van der Waals surface area contributed by atoms with Crippen molar-refractivity contribution in [3.63, 3.8) is 0 Å². The second-order valence-corrected chi connectivity index (χ2v) is 3.87. The van der Waals surface area contributed by atoms with Crippen molar-refractivity contribution in [2.24, 2.45) is 5.92 Å². The Hall–Kier alpha value is -1.10. The Balaban J connectivity index is 4.41. The summed E-state index contributed by atoms with van der Waals surface area (Å²) in [7, 11) is 1.57. The summed E-state index contributed by atoms with van der Waals surface area (Å²) < 4.78 is 9.77. The van der Waals surface area contributed by atoms with Crippen molar-refractivity contribution >= 4 is 11.9 Å². The Morgan fingerprint density at radius 1 is 1.29 bits per heavy atom. The SMILES string of the molecule is CCOC(=O)CN(CCOC)C(=O)C(C)CC. The van der Waals surface area contributed by atoms with Crippen LogP contribution < -0.4 is 0 Å². The predicted molar refractivity (Wildman–Crippen MR) is 64.5 cm³/mol. The molecule has 0 aliphatic carbocycles. The Labute approximate surface area is 103 Å². The normalized spacial score (nSPS) is 12.0. The molecule has 0 fully saturated rings. The van der Waals surface area contributed by atoms with Crippen molar-refractivity contribution in [1.29, 1.82) is 0 Å². The Morgan fingerprint density at radius 3 is 2.41 bits per heavy atom. The van der Waals surface area contributed by atoms with Crippen molar-refractivity contribution in [2.75, 3.05) is 33.4 Å².